The minimum absolute atomic E-state index is 0.163. The van der Waals surface area contributed by atoms with Gasteiger partial charge in [0, 0.05) is 17.6 Å². The molecule has 0 aliphatic rings. The Labute approximate surface area is 136 Å². The van der Waals surface area contributed by atoms with Gasteiger partial charge in [0.15, 0.2) is 5.58 Å². The van der Waals surface area contributed by atoms with Gasteiger partial charge in [0.2, 0.25) is 5.89 Å². The third kappa shape index (κ3) is 4.69. The quantitative estimate of drug-likeness (QED) is 0.788. The van der Waals surface area contributed by atoms with Crippen molar-refractivity contribution in [1.82, 2.24) is 10.3 Å². The highest BCUT2D eigenvalue weighted by molar-refractivity contribution is 5.91. The van der Waals surface area contributed by atoms with Crippen molar-refractivity contribution in [2.45, 2.75) is 52.1 Å². The highest BCUT2D eigenvalue weighted by Gasteiger charge is 2.21. The summed E-state index contributed by atoms with van der Waals surface area (Å²) in [7, 11) is 0. The maximum atomic E-state index is 11.8. The van der Waals surface area contributed by atoms with E-state index >= 15 is 0 Å². The summed E-state index contributed by atoms with van der Waals surface area (Å²) in [5.74, 6) is 0.669. The molecule has 1 unspecified atom stereocenters. The molecule has 0 fully saturated rings. The Morgan fingerprint density at radius 1 is 1.39 bits per heavy atom. The molecule has 126 valence electrons. The Kier molecular flexibility index (Phi) is 5.26. The van der Waals surface area contributed by atoms with Crippen LogP contribution in [0.3, 0.4) is 0 Å². The van der Waals surface area contributed by atoms with Crippen LogP contribution in [0.4, 0.5) is 10.5 Å². The molecule has 1 heterocycles. The van der Waals surface area contributed by atoms with Crippen LogP contribution >= 0.6 is 0 Å². The molecule has 0 bridgehead atoms. The van der Waals surface area contributed by atoms with E-state index in [1.165, 1.54) is 0 Å². The van der Waals surface area contributed by atoms with Crippen LogP contribution < -0.4 is 10.6 Å². The molecule has 0 saturated carbocycles. The number of hydrogen-bond acceptors (Lipinski definition) is 4. The summed E-state index contributed by atoms with van der Waals surface area (Å²) >= 11 is 0. The Hall–Kier alpha value is -2.08. The van der Waals surface area contributed by atoms with E-state index in [4.69, 9.17) is 4.42 Å². The highest BCUT2D eigenvalue weighted by Crippen LogP contribution is 2.27. The van der Waals surface area contributed by atoms with Gasteiger partial charge < -0.3 is 20.2 Å². The smallest absolute Gasteiger partial charge is 0.319 e. The summed E-state index contributed by atoms with van der Waals surface area (Å²) in [6.07, 6.45) is 0.848. The van der Waals surface area contributed by atoms with Crippen molar-refractivity contribution >= 4 is 22.8 Å². The zero-order valence-electron chi connectivity index (χ0n) is 14.1. The zero-order valence-corrected chi connectivity index (χ0v) is 14.1. The van der Waals surface area contributed by atoms with Crippen LogP contribution in [0.25, 0.3) is 11.1 Å². The SMILES string of the molecule is CCC(O)CCNC(=O)Nc1ccc2oc(C(C)(C)C)nc2c1. The fraction of sp³-hybridized carbons (Fsp3) is 0.529. The Balaban J connectivity index is 1.99. The van der Waals surface area contributed by atoms with Crippen molar-refractivity contribution in [3.05, 3.63) is 24.1 Å². The summed E-state index contributed by atoms with van der Waals surface area (Å²) < 4.78 is 5.73. The van der Waals surface area contributed by atoms with Crippen LogP contribution in [-0.2, 0) is 5.41 Å². The Morgan fingerprint density at radius 2 is 2.13 bits per heavy atom. The largest absolute Gasteiger partial charge is 0.440 e. The number of nitrogens with one attached hydrogen (secondary N) is 2. The van der Waals surface area contributed by atoms with E-state index in [1.54, 1.807) is 18.2 Å². The number of urea groups is 1. The van der Waals surface area contributed by atoms with Gasteiger partial charge in [-0.3, -0.25) is 0 Å². The predicted octanol–water partition coefficient (Wildman–Crippen LogP) is 3.41. The lowest BCUT2D eigenvalue weighted by atomic mass is 9.97. The van der Waals surface area contributed by atoms with E-state index < -0.39 is 0 Å². The van der Waals surface area contributed by atoms with Gasteiger partial charge in [-0.2, -0.15) is 0 Å². The van der Waals surface area contributed by atoms with E-state index in [0.29, 0.717) is 42.1 Å². The predicted molar refractivity (Wildman–Crippen MR) is 90.6 cm³/mol. The number of nitrogens with zero attached hydrogens (tertiary/aromatic N) is 1. The molecule has 0 saturated heterocycles. The molecule has 23 heavy (non-hydrogen) atoms. The van der Waals surface area contributed by atoms with Crippen LogP contribution in [0.5, 0.6) is 0 Å². The average Bonchev–Trinajstić information content (AvgIpc) is 2.90. The first-order valence-corrected chi connectivity index (χ1v) is 7.93. The summed E-state index contributed by atoms with van der Waals surface area (Å²) in [6, 6.07) is 5.07. The van der Waals surface area contributed by atoms with Crippen molar-refractivity contribution in [2.75, 3.05) is 11.9 Å². The first kappa shape index (κ1) is 17.3. The standard InChI is InChI=1S/C17H25N3O3/c1-5-12(21)8-9-18-16(22)19-11-6-7-14-13(10-11)20-15(23-14)17(2,3)4/h6-7,10,12,21H,5,8-9H2,1-4H3,(H2,18,19,22). The maximum Gasteiger partial charge on any atom is 0.319 e. The second kappa shape index (κ2) is 7.00. The van der Waals surface area contributed by atoms with Gasteiger partial charge in [-0.15, -0.1) is 0 Å². The second-order valence-corrected chi connectivity index (χ2v) is 6.68. The van der Waals surface area contributed by atoms with E-state index in [9.17, 15) is 9.90 Å². The molecule has 0 aliphatic heterocycles. The molecule has 2 amide bonds. The minimum Gasteiger partial charge on any atom is -0.440 e. The molecule has 6 nitrogen and oxygen atoms in total. The molecular weight excluding hydrogens is 294 g/mol. The average molecular weight is 319 g/mol. The van der Waals surface area contributed by atoms with E-state index in [2.05, 4.69) is 15.6 Å². The van der Waals surface area contributed by atoms with Crippen molar-refractivity contribution in [1.29, 1.82) is 0 Å². The number of carbonyl (C=O) groups is 1. The van der Waals surface area contributed by atoms with Crippen molar-refractivity contribution in [2.24, 2.45) is 0 Å². The molecule has 1 atom stereocenters. The Morgan fingerprint density at radius 3 is 2.78 bits per heavy atom. The number of amides is 2. The van der Waals surface area contributed by atoms with Gasteiger partial charge in [-0.25, -0.2) is 9.78 Å². The van der Waals surface area contributed by atoms with E-state index in [0.717, 1.165) is 0 Å². The number of aromatic nitrogens is 1. The molecule has 1 aromatic carbocycles. The molecule has 1 aromatic heterocycles. The van der Waals surface area contributed by atoms with Gasteiger partial charge in [0.1, 0.15) is 5.52 Å². The van der Waals surface area contributed by atoms with E-state index in [-0.39, 0.29) is 17.6 Å². The number of aliphatic hydroxyl groups excluding tert-OH is 1. The molecule has 6 heteroatoms. The van der Waals surface area contributed by atoms with Crippen molar-refractivity contribution in [3.63, 3.8) is 0 Å². The summed E-state index contributed by atoms with van der Waals surface area (Å²) in [5, 5.41) is 14.9. The molecule has 0 aliphatic carbocycles. The summed E-state index contributed by atoms with van der Waals surface area (Å²) in [4.78, 5) is 16.3. The number of aliphatic hydroxyl groups is 1. The monoisotopic (exact) mass is 319 g/mol. The van der Waals surface area contributed by atoms with Crippen LogP contribution in [0.2, 0.25) is 0 Å². The third-order valence-corrected chi connectivity index (χ3v) is 3.52. The van der Waals surface area contributed by atoms with Gasteiger partial charge in [0.25, 0.3) is 0 Å². The van der Waals surface area contributed by atoms with E-state index in [1.807, 2.05) is 27.7 Å². The minimum atomic E-state index is -0.377. The van der Waals surface area contributed by atoms with Crippen molar-refractivity contribution < 1.29 is 14.3 Å². The van der Waals surface area contributed by atoms with Crippen LogP contribution in [0.1, 0.15) is 46.4 Å². The number of fused-ring (bicyclic) bond motifs is 1. The normalized spacial score (nSPS) is 13.1. The number of hydrogen-bond donors (Lipinski definition) is 3. The lowest BCUT2D eigenvalue weighted by molar-refractivity contribution is 0.160. The van der Waals surface area contributed by atoms with Gasteiger partial charge in [-0.1, -0.05) is 27.7 Å². The zero-order chi connectivity index (χ0) is 17.0. The number of oxazole rings is 1. The molecular formula is C17H25N3O3. The molecule has 0 radical (unpaired) electrons. The molecule has 0 spiro atoms. The lowest BCUT2D eigenvalue weighted by Crippen LogP contribution is -2.31. The second-order valence-electron chi connectivity index (χ2n) is 6.68. The number of benzene rings is 1. The van der Waals surface area contributed by atoms with Crippen LogP contribution in [-0.4, -0.2) is 28.8 Å². The lowest BCUT2D eigenvalue weighted by Gasteiger charge is -2.11. The summed E-state index contributed by atoms with van der Waals surface area (Å²) in [5.41, 5.74) is 1.91. The highest BCUT2D eigenvalue weighted by atomic mass is 16.3. The van der Waals surface area contributed by atoms with Gasteiger partial charge in [0.05, 0.1) is 6.10 Å². The molecule has 2 aromatic rings. The molecule has 3 N–H and O–H groups in total. The number of carbonyl (C=O) groups excluding carboxylic acids is 1. The summed E-state index contributed by atoms with van der Waals surface area (Å²) in [6.45, 7) is 8.45. The van der Waals surface area contributed by atoms with Crippen molar-refractivity contribution in [3.8, 4) is 0 Å². The van der Waals surface area contributed by atoms with Crippen LogP contribution in [0, 0.1) is 0 Å². The number of anilines is 1. The number of rotatable bonds is 5. The fourth-order valence-electron chi connectivity index (χ4n) is 2.06. The maximum absolute atomic E-state index is 11.8. The van der Waals surface area contributed by atoms with Crippen LogP contribution in [0.15, 0.2) is 22.6 Å². The van der Waals surface area contributed by atoms with Gasteiger partial charge in [-0.05, 0) is 31.0 Å². The first-order valence-electron chi connectivity index (χ1n) is 7.93. The Bertz CT molecular complexity index is 673. The first-order chi connectivity index (χ1) is 10.8. The molecule has 2 rings (SSSR count). The third-order valence-electron chi connectivity index (χ3n) is 3.52. The van der Waals surface area contributed by atoms with Gasteiger partial charge >= 0.3 is 6.03 Å². The topological polar surface area (TPSA) is 87.4 Å². The fourth-order valence-corrected chi connectivity index (χ4v) is 2.06.